The van der Waals surface area contributed by atoms with Gasteiger partial charge in [-0.3, -0.25) is 9.59 Å². The molecule has 0 atom stereocenters. The minimum Gasteiger partial charge on any atom is -0.481 e. The molecule has 3 rings (SSSR count). The zero-order valence-electron chi connectivity index (χ0n) is 14.9. The zero-order valence-corrected chi connectivity index (χ0v) is 15.7. The number of piperazine rings is 1. The Hall–Kier alpha value is -2.00. The van der Waals surface area contributed by atoms with E-state index in [0.717, 1.165) is 12.1 Å². The van der Waals surface area contributed by atoms with Crippen molar-refractivity contribution >= 4 is 21.9 Å². The Morgan fingerprint density at radius 3 is 1.96 bits per heavy atom. The number of nitrogens with zero attached hydrogens (tertiary/aromatic N) is 2. The van der Waals surface area contributed by atoms with E-state index in [1.54, 1.807) is 4.90 Å². The van der Waals surface area contributed by atoms with Crippen LogP contribution in [-0.4, -0.2) is 60.8 Å². The molecule has 1 saturated carbocycles. The van der Waals surface area contributed by atoms with E-state index >= 15 is 0 Å². The average Bonchev–Trinajstić information content (AvgIpc) is 2.68. The van der Waals surface area contributed by atoms with Crippen LogP contribution in [0.1, 0.15) is 25.7 Å². The second kappa shape index (κ2) is 7.93. The maximum absolute atomic E-state index is 13.0. The number of hydrogen-bond donors (Lipinski definition) is 1. The molecule has 1 saturated heterocycles. The highest BCUT2D eigenvalue weighted by Gasteiger charge is 2.35. The number of hydrogen-bond acceptors (Lipinski definition) is 4. The molecule has 2 aliphatic rings. The second-order valence-corrected chi connectivity index (χ2v) is 9.01. The first-order valence-electron chi connectivity index (χ1n) is 9.06. The van der Waals surface area contributed by atoms with Crippen LogP contribution < -0.4 is 0 Å². The largest absolute Gasteiger partial charge is 0.481 e. The second-order valence-electron chi connectivity index (χ2n) is 7.07. The molecular weight excluding hydrogens is 375 g/mol. The van der Waals surface area contributed by atoms with E-state index < -0.39 is 21.8 Å². The Kier molecular flexibility index (Phi) is 5.81. The first kappa shape index (κ1) is 19.8. The van der Waals surface area contributed by atoms with Gasteiger partial charge >= 0.3 is 5.97 Å². The Labute approximate surface area is 157 Å². The third kappa shape index (κ3) is 4.30. The number of carboxylic acids is 1. The number of amides is 1. The quantitative estimate of drug-likeness (QED) is 0.830. The number of carboxylic acid groups (broad SMARTS) is 1. The lowest BCUT2D eigenvalue weighted by Crippen LogP contribution is -2.52. The van der Waals surface area contributed by atoms with Crippen molar-refractivity contribution in [3.8, 4) is 0 Å². The molecule has 1 aliphatic heterocycles. The summed E-state index contributed by atoms with van der Waals surface area (Å²) >= 11 is 0. The number of halogens is 1. The fourth-order valence-electron chi connectivity index (χ4n) is 3.75. The first-order chi connectivity index (χ1) is 12.8. The molecule has 7 nitrogen and oxygen atoms in total. The van der Waals surface area contributed by atoms with Gasteiger partial charge in [0.1, 0.15) is 5.82 Å². The Balaban J connectivity index is 1.56. The van der Waals surface area contributed by atoms with Crippen LogP contribution in [0.5, 0.6) is 0 Å². The van der Waals surface area contributed by atoms with Crippen molar-refractivity contribution in [3.05, 3.63) is 30.1 Å². The zero-order chi connectivity index (χ0) is 19.6. The summed E-state index contributed by atoms with van der Waals surface area (Å²) in [5, 5.41) is 9.05. The summed E-state index contributed by atoms with van der Waals surface area (Å²) in [7, 11) is -3.71. The van der Waals surface area contributed by atoms with Crippen molar-refractivity contribution < 1.29 is 27.5 Å². The van der Waals surface area contributed by atoms with Crippen LogP contribution in [0.25, 0.3) is 0 Å². The number of sulfonamides is 1. The first-order valence-corrected chi connectivity index (χ1v) is 10.5. The molecule has 9 heteroatoms. The molecule has 0 spiro atoms. The van der Waals surface area contributed by atoms with Gasteiger partial charge < -0.3 is 10.0 Å². The molecule has 1 N–H and O–H groups in total. The number of carbonyl (C=O) groups is 2. The monoisotopic (exact) mass is 398 g/mol. The van der Waals surface area contributed by atoms with Gasteiger partial charge in [0, 0.05) is 32.1 Å². The van der Waals surface area contributed by atoms with Crippen molar-refractivity contribution in [2.45, 2.75) is 30.6 Å². The third-order valence-electron chi connectivity index (χ3n) is 5.43. The molecule has 1 aromatic carbocycles. The summed E-state index contributed by atoms with van der Waals surface area (Å²) in [5.74, 6) is -1.87. The van der Waals surface area contributed by atoms with Crippen LogP contribution in [0, 0.1) is 17.7 Å². The maximum Gasteiger partial charge on any atom is 0.306 e. The summed E-state index contributed by atoms with van der Waals surface area (Å²) in [6.07, 6.45) is 2.13. The van der Waals surface area contributed by atoms with Gasteiger partial charge in [-0.1, -0.05) is 0 Å². The molecule has 27 heavy (non-hydrogen) atoms. The van der Waals surface area contributed by atoms with Gasteiger partial charge in [-0.2, -0.15) is 4.31 Å². The summed E-state index contributed by atoms with van der Waals surface area (Å²) < 4.78 is 39.6. The number of aliphatic carboxylic acids is 1. The molecule has 0 bridgehead atoms. The third-order valence-corrected chi connectivity index (χ3v) is 7.34. The van der Waals surface area contributed by atoms with Gasteiger partial charge in [-0.25, -0.2) is 12.8 Å². The van der Waals surface area contributed by atoms with Crippen molar-refractivity contribution in [2.75, 3.05) is 26.2 Å². The SMILES string of the molecule is O=C(O)C1CCC(C(=O)N2CCN(S(=O)(=O)c3ccc(F)cc3)CC2)CC1. The van der Waals surface area contributed by atoms with Crippen LogP contribution in [0.4, 0.5) is 4.39 Å². The highest BCUT2D eigenvalue weighted by atomic mass is 32.2. The topological polar surface area (TPSA) is 95.0 Å². The standard InChI is InChI=1S/C18H23FN2O5S/c19-15-5-7-16(8-6-15)27(25,26)21-11-9-20(10-12-21)17(22)13-1-3-14(4-2-13)18(23)24/h5-8,13-14H,1-4,9-12H2,(H,23,24). The fourth-order valence-corrected chi connectivity index (χ4v) is 5.17. The van der Waals surface area contributed by atoms with Gasteiger partial charge in [0.2, 0.25) is 15.9 Å². The fraction of sp³-hybridized carbons (Fsp3) is 0.556. The molecular formula is C18H23FN2O5S. The Morgan fingerprint density at radius 1 is 0.926 bits per heavy atom. The molecule has 1 heterocycles. The highest BCUT2D eigenvalue weighted by Crippen LogP contribution is 2.30. The minimum absolute atomic E-state index is 0.0160. The van der Waals surface area contributed by atoms with Crippen LogP contribution in [-0.2, 0) is 19.6 Å². The number of rotatable bonds is 4. The summed E-state index contributed by atoms with van der Waals surface area (Å²) in [5.41, 5.74) is 0. The van der Waals surface area contributed by atoms with Crippen LogP contribution in [0.2, 0.25) is 0 Å². The molecule has 1 aromatic rings. The lowest BCUT2D eigenvalue weighted by Gasteiger charge is -2.37. The van der Waals surface area contributed by atoms with Gasteiger partial charge in [-0.05, 0) is 49.9 Å². The molecule has 0 radical (unpaired) electrons. The molecule has 1 amide bonds. The number of benzene rings is 1. The predicted molar refractivity (Wildman–Crippen MR) is 94.8 cm³/mol. The molecule has 1 aliphatic carbocycles. The Bertz CT molecular complexity index is 796. The molecule has 0 unspecified atom stereocenters. The smallest absolute Gasteiger partial charge is 0.306 e. The summed E-state index contributed by atoms with van der Waals surface area (Å²) in [6.45, 7) is 0.988. The van der Waals surface area contributed by atoms with Crippen molar-refractivity contribution in [1.29, 1.82) is 0 Å². The molecule has 148 valence electrons. The summed E-state index contributed by atoms with van der Waals surface area (Å²) in [6, 6.07) is 4.70. The van der Waals surface area contributed by atoms with E-state index in [1.807, 2.05) is 0 Å². The van der Waals surface area contributed by atoms with Crippen LogP contribution in [0.15, 0.2) is 29.2 Å². The lowest BCUT2D eigenvalue weighted by atomic mass is 9.81. The average molecular weight is 398 g/mol. The van der Waals surface area contributed by atoms with Crippen molar-refractivity contribution in [2.24, 2.45) is 11.8 Å². The maximum atomic E-state index is 13.0. The summed E-state index contributed by atoms with van der Waals surface area (Å²) in [4.78, 5) is 25.4. The van der Waals surface area contributed by atoms with Crippen molar-refractivity contribution in [3.63, 3.8) is 0 Å². The van der Waals surface area contributed by atoms with Gasteiger partial charge in [0.15, 0.2) is 0 Å². The Morgan fingerprint density at radius 2 is 1.44 bits per heavy atom. The van der Waals surface area contributed by atoms with E-state index in [0.29, 0.717) is 38.8 Å². The van der Waals surface area contributed by atoms with Gasteiger partial charge in [0.25, 0.3) is 0 Å². The van der Waals surface area contributed by atoms with E-state index in [-0.39, 0.29) is 35.7 Å². The van der Waals surface area contributed by atoms with Gasteiger partial charge in [-0.15, -0.1) is 0 Å². The minimum atomic E-state index is -3.71. The molecule has 2 fully saturated rings. The highest BCUT2D eigenvalue weighted by molar-refractivity contribution is 7.89. The van der Waals surface area contributed by atoms with Crippen LogP contribution >= 0.6 is 0 Å². The van der Waals surface area contributed by atoms with Crippen LogP contribution in [0.3, 0.4) is 0 Å². The normalized spacial score (nSPS) is 24.6. The van der Waals surface area contributed by atoms with E-state index in [9.17, 15) is 22.4 Å². The van der Waals surface area contributed by atoms with E-state index in [4.69, 9.17) is 5.11 Å². The van der Waals surface area contributed by atoms with Crippen molar-refractivity contribution in [1.82, 2.24) is 9.21 Å². The molecule has 0 aromatic heterocycles. The van der Waals surface area contributed by atoms with Gasteiger partial charge in [0.05, 0.1) is 10.8 Å². The number of carbonyl (C=O) groups excluding carboxylic acids is 1. The lowest BCUT2D eigenvalue weighted by molar-refractivity contribution is -0.146. The predicted octanol–water partition coefficient (Wildman–Crippen LogP) is 1.55. The van der Waals surface area contributed by atoms with E-state index in [1.165, 1.54) is 16.4 Å². The van der Waals surface area contributed by atoms with E-state index in [2.05, 4.69) is 0 Å².